The predicted octanol–water partition coefficient (Wildman–Crippen LogP) is 2.13. The minimum Gasteiger partial charge on any atom is -0.478 e. The first-order valence-corrected chi connectivity index (χ1v) is 6.55. The molecular weight excluding hydrogens is 244 g/mol. The molecule has 1 saturated heterocycles. The molecule has 5 nitrogen and oxygen atoms in total. The second kappa shape index (κ2) is 5.57. The molecule has 19 heavy (non-hydrogen) atoms. The van der Waals surface area contributed by atoms with E-state index in [0.29, 0.717) is 18.0 Å². The lowest BCUT2D eigenvalue weighted by Crippen LogP contribution is -2.32. The Bertz CT molecular complexity index is 468. The minimum absolute atomic E-state index is 0.200. The normalized spacial score (nSPS) is 18.8. The smallest absolute Gasteiger partial charge is 0.335 e. The highest BCUT2D eigenvalue weighted by Crippen LogP contribution is 2.23. The van der Waals surface area contributed by atoms with Crippen molar-refractivity contribution in [1.29, 1.82) is 0 Å². The van der Waals surface area contributed by atoms with Gasteiger partial charge in [0.25, 0.3) is 0 Å². The van der Waals surface area contributed by atoms with E-state index in [1.807, 2.05) is 25.8 Å². The first-order chi connectivity index (χ1) is 8.99. The van der Waals surface area contributed by atoms with Crippen molar-refractivity contribution < 1.29 is 14.6 Å². The number of likely N-dealkylation sites (N-methyl/N-ethyl adjacent to an activating group) is 1. The first-order valence-electron chi connectivity index (χ1n) is 6.55. The zero-order valence-electron chi connectivity index (χ0n) is 11.6. The van der Waals surface area contributed by atoms with Crippen LogP contribution in [0.15, 0.2) is 12.1 Å². The fourth-order valence-corrected chi connectivity index (χ4v) is 2.15. The number of ether oxygens (including phenoxy) is 1. The lowest BCUT2D eigenvalue weighted by Gasteiger charge is -2.25. The number of carboxylic acid groups (broad SMARTS) is 1. The van der Waals surface area contributed by atoms with Crippen molar-refractivity contribution in [2.24, 2.45) is 0 Å². The predicted molar refractivity (Wildman–Crippen MR) is 72.9 cm³/mol. The maximum atomic E-state index is 11.2. The third kappa shape index (κ3) is 3.04. The number of carboxylic acids is 1. The van der Waals surface area contributed by atoms with Crippen LogP contribution < -0.4 is 4.90 Å². The van der Waals surface area contributed by atoms with Crippen LogP contribution in [-0.4, -0.2) is 42.4 Å². The molecule has 1 fully saturated rings. The molecule has 0 bridgehead atoms. The van der Waals surface area contributed by atoms with Gasteiger partial charge in [-0.05, 0) is 24.5 Å². The number of rotatable bonds is 4. The molecule has 0 amide bonds. The minimum atomic E-state index is -0.915. The van der Waals surface area contributed by atoms with Gasteiger partial charge in [0.05, 0.1) is 18.2 Å². The summed E-state index contributed by atoms with van der Waals surface area (Å²) in [6.07, 6.45) is 0.951. The van der Waals surface area contributed by atoms with Crippen LogP contribution in [-0.2, 0) is 4.74 Å². The van der Waals surface area contributed by atoms with Crippen molar-refractivity contribution >= 4 is 11.8 Å². The number of pyridine rings is 1. The van der Waals surface area contributed by atoms with Gasteiger partial charge in [-0.25, -0.2) is 9.78 Å². The van der Waals surface area contributed by atoms with Crippen LogP contribution in [0.1, 0.15) is 42.2 Å². The van der Waals surface area contributed by atoms with Gasteiger partial charge in [-0.15, -0.1) is 0 Å². The van der Waals surface area contributed by atoms with Crippen molar-refractivity contribution in [2.75, 3.05) is 25.2 Å². The number of carbonyl (C=O) groups is 1. The summed E-state index contributed by atoms with van der Waals surface area (Å²) in [6.45, 7) is 5.45. The Morgan fingerprint density at radius 3 is 2.79 bits per heavy atom. The quantitative estimate of drug-likeness (QED) is 0.902. The van der Waals surface area contributed by atoms with Crippen LogP contribution >= 0.6 is 0 Å². The summed E-state index contributed by atoms with van der Waals surface area (Å²) in [7, 11) is 1.94. The fraction of sp³-hybridized carbons (Fsp3) is 0.571. The Morgan fingerprint density at radius 1 is 1.53 bits per heavy atom. The molecule has 1 atom stereocenters. The van der Waals surface area contributed by atoms with Gasteiger partial charge in [0.15, 0.2) is 0 Å². The van der Waals surface area contributed by atoms with Gasteiger partial charge in [0, 0.05) is 19.3 Å². The number of hydrogen-bond donors (Lipinski definition) is 1. The van der Waals surface area contributed by atoms with Gasteiger partial charge in [0.1, 0.15) is 5.82 Å². The SMILES string of the molecule is CC(C)c1cc(C(=O)O)cc(N(C)C2CCOC2)n1. The molecule has 0 radical (unpaired) electrons. The first kappa shape index (κ1) is 13.8. The van der Waals surface area contributed by atoms with Gasteiger partial charge in [-0.3, -0.25) is 0 Å². The number of hydrogen-bond acceptors (Lipinski definition) is 4. The van der Waals surface area contributed by atoms with Crippen LogP contribution in [0.3, 0.4) is 0 Å². The van der Waals surface area contributed by atoms with Gasteiger partial charge in [-0.1, -0.05) is 13.8 Å². The molecule has 1 aliphatic heterocycles. The summed E-state index contributed by atoms with van der Waals surface area (Å²) in [5.74, 6) is -0.00741. The van der Waals surface area contributed by atoms with Crippen molar-refractivity contribution in [3.8, 4) is 0 Å². The average Bonchev–Trinajstić information content (AvgIpc) is 2.91. The topological polar surface area (TPSA) is 62.7 Å². The van der Waals surface area contributed by atoms with E-state index >= 15 is 0 Å². The van der Waals surface area contributed by atoms with Crippen molar-refractivity contribution in [2.45, 2.75) is 32.2 Å². The Kier molecular flexibility index (Phi) is 4.04. The van der Waals surface area contributed by atoms with Crippen LogP contribution in [0.2, 0.25) is 0 Å². The van der Waals surface area contributed by atoms with E-state index in [0.717, 1.165) is 18.7 Å². The number of aromatic carboxylic acids is 1. The molecule has 2 heterocycles. The van der Waals surface area contributed by atoms with Gasteiger partial charge in [-0.2, -0.15) is 0 Å². The molecule has 1 unspecified atom stereocenters. The van der Waals surface area contributed by atoms with Crippen LogP contribution in [0.25, 0.3) is 0 Å². The Balaban J connectivity index is 2.35. The molecule has 0 aromatic carbocycles. The van der Waals surface area contributed by atoms with Gasteiger partial charge >= 0.3 is 5.97 Å². The zero-order chi connectivity index (χ0) is 14.0. The number of nitrogens with zero attached hydrogens (tertiary/aromatic N) is 2. The summed E-state index contributed by atoms with van der Waals surface area (Å²) in [5, 5.41) is 9.19. The highest BCUT2D eigenvalue weighted by molar-refractivity contribution is 5.88. The summed E-state index contributed by atoms with van der Waals surface area (Å²) >= 11 is 0. The zero-order valence-corrected chi connectivity index (χ0v) is 11.6. The lowest BCUT2D eigenvalue weighted by molar-refractivity contribution is 0.0696. The van der Waals surface area contributed by atoms with Crippen molar-refractivity contribution in [1.82, 2.24) is 4.98 Å². The summed E-state index contributed by atoms with van der Waals surface area (Å²) < 4.78 is 5.37. The Labute approximate surface area is 113 Å². The molecule has 0 spiro atoms. The third-order valence-electron chi connectivity index (χ3n) is 3.48. The monoisotopic (exact) mass is 264 g/mol. The highest BCUT2D eigenvalue weighted by Gasteiger charge is 2.23. The summed E-state index contributed by atoms with van der Waals surface area (Å²) in [4.78, 5) is 17.8. The second-order valence-corrected chi connectivity index (χ2v) is 5.23. The Morgan fingerprint density at radius 2 is 2.26 bits per heavy atom. The lowest BCUT2D eigenvalue weighted by atomic mass is 10.1. The van der Waals surface area contributed by atoms with E-state index < -0.39 is 5.97 Å². The maximum absolute atomic E-state index is 11.2. The highest BCUT2D eigenvalue weighted by atomic mass is 16.5. The van der Waals surface area contributed by atoms with E-state index in [9.17, 15) is 9.90 Å². The molecule has 1 aromatic rings. The number of aromatic nitrogens is 1. The summed E-state index contributed by atoms with van der Waals surface area (Å²) in [5.41, 5.74) is 1.10. The van der Waals surface area contributed by atoms with E-state index in [-0.39, 0.29) is 12.0 Å². The molecular formula is C14H20N2O3. The number of anilines is 1. The van der Waals surface area contributed by atoms with Crippen LogP contribution in [0.5, 0.6) is 0 Å². The van der Waals surface area contributed by atoms with Gasteiger partial charge < -0.3 is 14.7 Å². The van der Waals surface area contributed by atoms with Crippen molar-refractivity contribution in [3.05, 3.63) is 23.4 Å². The molecule has 2 rings (SSSR count). The third-order valence-corrected chi connectivity index (χ3v) is 3.48. The summed E-state index contributed by atoms with van der Waals surface area (Å²) in [6, 6.07) is 3.55. The van der Waals surface area contributed by atoms with E-state index in [4.69, 9.17) is 4.74 Å². The van der Waals surface area contributed by atoms with E-state index in [2.05, 4.69) is 4.98 Å². The molecule has 0 saturated carbocycles. The largest absolute Gasteiger partial charge is 0.478 e. The van der Waals surface area contributed by atoms with Crippen LogP contribution in [0.4, 0.5) is 5.82 Å². The maximum Gasteiger partial charge on any atom is 0.335 e. The Hall–Kier alpha value is -1.62. The molecule has 0 aliphatic carbocycles. The fourth-order valence-electron chi connectivity index (χ4n) is 2.15. The van der Waals surface area contributed by atoms with E-state index in [1.165, 1.54) is 0 Å². The van der Waals surface area contributed by atoms with E-state index in [1.54, 1.807) is 12.1 Å². The molecule has 5 heteroatoms. The molecule has 1 N–H and O–H groups in total. The average molecular weight is 264 g/mol. The molecule has 1 aromatic heterocycles. The van der Waals surface area contributed by atoms with Gasteiger partial charge in [0.2, 0.25) is 0 Å². The molecule has 1 aliphatic rings. The standard InChI is InChI=1S/C14H20N2O3/c1-9(2)12-6-10(14(17)18)7-13(15-12)16(3)11-4-5-19-8-11/h6-7,9,11H,4-5,8H2,1-3H3,(H,17,18). The second-order valence-electron chi connectivity index (χ2n) is 5.23. The molecule has 104 valence electrons. The van der Waals surface area contributed by atoms with Crippen LogP contribution in [0, 0.1) is 0 Å². The van der Waals surface area contributed by atoms with Crippen molar-refractivity contribution in [3.63, 3.8) is 0 Å².